The first-order valence-corrected chi connectivity index (χ1v) is 6.57. The molecule has 2 aromatic rings. The van der Waals surface area contributed by atoms with Crippen LogP contribution in [0.3, 0.4) is 0 Å². The Balaban J connectivity index is 2.29. The Morgan fingerprint density at radius 3 is 2.75 bits per heavy atom. The van der Waals surface area contributed by atoms with Crippen LogP contribution in [-0.2, 0) is 6.54 Å². The molecule has 2 rings (SSSR count). The molecule has 0 aliphatic carbocycles. The van der Waals surface area contributed by atoms with Crippen LogP contribution in [0.1, 0.15) is 25.0 Å². The summed E-state index contributed by atoms with van der Waals surface area (Å²) in [7, 11) is 0. The van der Waals surface area contributed by atoms with Crippen LogP contribution in [0.15, 0.2) is 42.6 Å². The summed E-state index contributed by atoms with van der Waals surface area (Å²) in [5.41, 5.74) is 8.32. The predicted octanol–water partition coefficient (Wildman–Crippen LogP) is 2.95. The molecule has 0 saturated carbocycles. The Morgan fingerprint density at radius 1 is 1.30 bits per heavy atom. The van der Waals surface area contributed by atoms with E-state index in [2.05, 4.69) is 29.8 Å². The molecule has 0 amide bonds. The second-order valence-corrected chi connectivity index (χ2v) is 4.98. The molecule has 102 valence electrons. The van der Waals surface area contributed by atoms with Crippen LogP contribution in [0.2, 0.25) is 0 Å². The number of nitrogens with two attached hydrogens (primary N) is 1. The van der Waals surface area contributed by atoms with Gasteiger partial charge in [0.1, 0.15) is 5.82 Å². The number of benzene rings is 1. The van der Waals surface area contributed by atoms with Crippen molar-refractivity contribution in [1.29, 1.82) is 5.26 Å². The lowest BCUT2D eigenvalue weighted by Gasteiger charge is -2.28. The van der Waals surface area contributed by atoms with Gasteiger partial charge in [0.05, 0.1) is 11.6 Å². The monoisotopic (exact) mass is 266 g/mol. The van der Waals surface area contributed by atoms with Crippen LogP contribution in [0.5, 0.6) is 0 Å². The minimum Gasteiger partial charge on any atom is -0.399 e. The van der Waals surface area contributed by atoms with Crippen molar-refractivity contribution >= 4 is 11.5 Å². The van der Waals surface area contributed by atoms with Crippen LogP contribution in [0, 0.1) is 11.3 Å². The molecule has 4 nitrogen and oxygen atoms in total. The molecule has 0 unspecified atom stereocenters. The van der Waals surface area contributed by atoms with E-state index in [1.165, 1.54) is 0 Å². The van der Waals surface area contributed by atoms with E-state index in [0.717, 1.165) is 17.1 Å². The van der Waals surface area contributed by atoms with Gasteiger partial charge in [0.2, 0.25) is 0 Å². The summed E-state index contributed by atoms with van der Waals surface area (Å²) in [5.74, 6) is 0.807. The SMILES string of the molecule is CC(C)N(Cc1cccc(N)c1)c1cc(C#N)ccn1. The molecule has 0 aliphatic rings. The topological polar surface area (TPSA) is 65.9 Å². The van der Waals surface area contributed by atoms with E-state index in [4.69, 9.17) is 11.0 Å². The van der Waals surface area contributed by atoms with Gasteiger partial charge in [-0.2, -0.15) is 5.26 Å². The van der Waals surface area contributed by atoms with Gasteiger partial charge in [-0.3, -0.25) is 0 Å². The first-order valence-electron chi connectivity index (χ1n) is 6.57. The molecular formula is C16H18N4. The maximum atomic E-state index is 9.00. The van der Waals surface area contributed by atoms with Crippen LogP contribution >= 0.6 is 0 Å². The maximum absolute atomic E-state index is 9.00. The summed E-state index contributed by atoms with van der Waals surface area (Å²) in [5, 5.41) is 9.00. The molecule has 1 aromatic heterocycles. The second kappa shape index (κ2) is 6.07. The quantitative estimate of drug-likeness (QED) is 0.864. The highest BCUT2D eigenvalue weighted by Gasteiger charge is 2.13. The van der Waals surface area contributed by atoms with E-state index in [0.29, 0.717) is 12.1 Å². The van der Waals surface area contributed by atoms with Crippen molar-refractivity contribution in [1.82, 2.24) is 4.98 Å². The lowest BCUT2D eigenvalue weighted by atomic mass is 10.1. The molecule has 0 saturated heterocycles. The zero-order valence-electron chi connectivity index (χ0n) is 11.7. The third kappa shape index (κ3) is 3.27. The van der Waals surface area contributed by atoms with Gasteiger partial charge in [0.15, 0.2) is 0 Å². The maximum Gasteiger partial charge on any atom is 0.130 e. The Hall–Kier alpha value is -2.54. The Kier molecular flexibility index (Phi) is 4.21. The minimum atomic E-state index is 0.276. The number of nitriles is 1. The third-order valence-corrected chi connectivity index (χ3v) is 3.10. The van der Waals surface area contributed by atoms with Crippen molar-refractivity contribution in [3.8, 4) is 6.07 Å². The molecule has 0 bridgehead atoms. The zero-order chi connectivity index (χ0) is 14.5. The van der Waals surface area contributed by atoms with Crippen molar-refractivity contribution in [3.63, 3.8) is 0 Å². The van der Waals surface area contributed by atoms with E-state index in [-0.39, 0.29) is 6.04 Å². The Labute approximate surface area is 119 Å². The van der Waals surface area contributed by atoms with Gasteiger partial charge in [-0.15, -0.1) is 0 Å². The van der Waals surface area contributed by atoms with E-state index in [1.54, 1.807) is 12.3 Å². The third-order valence-electron chi connectivity index (χ3n) is 3.10. The number of hydrogen-bond donors (Lipinski definition) is 1. The number of aromatic nitrogens is 1. The van der Waals surface area contributed by atoms with Crippen molar-refractivity contribution in [2.75, 3.05) is 10.6 Å². The summed E-state index contributed by atoms with van der Waals surface area (Å²) in [6.07, 6.45) is 1.67. The summed E-state index contributed by atoms with van der Waals surface area (Å²) < 4.78 is 0. The van der Waals surface area contributed by atoms with E-state index >= 15 is 0 Å². The first kappa shape index (κ1) is 13.9. The fraction of sp³-hybridized carbons (Fsp3) is 0.250. The average Bonchev–Trinajstić information content (AvgIpc) is 2.44. The van der Waals surface area contributed by atoms with Crippen LogP contribution in [-0.4, -0.2) is 11.0 Å². The Bertz CT molecular complexity index is 628. The lowest BCUT2D eigenvalue weighted by Crippen LogP contribution is -2.31. The van der Waals surface area contributed by atoms with Gasteiger partial charge in [-0.05, 0) is 43.7 Å². The molecular weight excluding hydrogens is 248 g/mol. The van der Waals surface area contributed by atoms with Gasteiger partial charge in [-0.25, -0.2) is 4.98 Å². The molecule has 0 fully saturated rings. The molecule has 20 heavy (non-hydrogen) atoms. The highest BCUT2D eigenvalue weighted by Crippen LogP contribution is 2.19. The highest BCUT2D eigenvalue weighted by atomic mass is 15.2. The number of pyridine rings is 1. The normalized spacial score (nSPS) is 10.3. The Morgan fingerprint density at radius 2 is 2.10 bits per heavy atom. The van der Waals surface area contributed by atoms with Gasteiger partial charge >= 0.3 is 0 Å². The average molecular weight is 266 g/mol. The van der Waals surface area contributed by atoms with E-state index in [1.807, 2.05) is 30.3 Å². The summed E-state index contributed by atoms with van der Waals surface area (Å²) in [6, 6.07) is 13.8. The number of anilines is 2. The van der Waals surface area contributed by atoms with Gasteiger partial charge < -0.3 is 10.6 Å². The molecule has 0 radical (unpaired) electrons. The van der Waals surface area contributed by atoms with Crippen LogP contribution < -0.4 is 10.6 Å². The molecule has 1 heterocycles. The molecule has 0 spiro atoms. The van der Waals surface area contributed by atoms with Crippen molar-refractivity contribution in [2.24, 2.45) is 0 Å². The number of nitrogens with zero attached hydrogens (tertiary/aromatic N) is 3. The standard InChI is InChI=1S/C16H18N4/c1-12(2)20(11-14-4-3-5-15(18)8-14)16-9-13(10-17)6-7-19-16/h3-9,12H,11,18H2,1-2H3. The van der Waals surface area contributed by atoms with Crippen LogP contribution in [0.4, 0.5) is 11.5 Å². The fourth-order valence-corrected chi connectivity index (χ4v) is 2.06. The largest absolute Gasteiger partial charge is 0.399 e. The number of hydrogen-bond acceptors (Lipinski definition) is 4. The minimum absolute atomic E-state index is 0.276. The molecule has 0 aliphatic heterocycles. The highest BCUT2D eigenvalue weighted by molar-refractivity contribution is 5.47. The lowest BCUT2D eigenvalue weighted by molar-refractivity contribution is 0.672. The van der Waals surface area contributed by atoms with Crippen molar-refractivity contribution in [2.45, 2.75) is 26.4 Å². The summed E-state index contributed by atoms with van der Waals surface area (Å²) >= 11 is 0. The van der Waals surface area contributed by atoms with Gasteiger partial charge in [0.25, 0.3) is 0 Å². The first-order chi connectivity index (χ1) is 9.60. The molecule has 1 aromatic carbocycles. The molecule has 0 atom stereocenters. The fourth-order valence-electron chi connectivity index (χ4n) is 2.06. The summed E-state index contributed by atoms with van der Waals surface area (Å²) in [4.78, 5) is 6.52. The van der Waals surface area contributed by atoms with Gasteiger partial charge in [0, 0.05) is 24.5 Å². The smallest absolute Gasteiger partial charge is 0.130 e. The van der Waals surface area contributed by atoms with Crippen LogP contribution in [0.25, 0.3) is 0 Å². The van der Waals surface area contributed by atoms with E-state index in [9.17, 15) is 0 Å². The molecule has 4 heteroatoms. The van der Waals surface area contributed by atoms with E-state index < -0.39 is 0 Å². The zero-order valence-corrected chi connectivity index (χ0v) is 11.7. The predicted molar refractivity (Wildman–Crippen MR) is 81.1 cm³/mol. The van der Waals surface area contributed by atoms with Crippen molar-refractivity contribution in [3.05, 3.63) is 53.7 Å². The second-order valence-electron chi connectivity index (χ2n) is 4.98. The van der Waals surface area contributed by atoms with Crippen molar-refractivity contribution < 1.29 is 0 Å². The number of nitrogen functional groups attached to an aromatic ring is 1. The van der Waals surface area contributed by atoms with Gasteiger partial charge in [-0.1, -0.05) is 12.1 Å². The number of rotatable bonds is 4. The molecule has 2 N–H and O–H groups in total. The summed E-state index contributed by atoms with van der Waals surface area (Å²) in [6.45, 7) is 4.92.